The maximum Gasteiger partial charge on any atom is 0.266 e. The van der Waals surface area contributed by atoms with Gasteiger partial charge in [0.05, 0.1) is 24.7 Å². The lowest BCUT2D eigenvalue weighted by atomic mass is 10.2. The minimum atomic E-state index is -0.105. The Balaban J connectivity index is 1.61. The number of thiocarbonyl (C=S) groups is 1. The van der Waals surface area contributed by atoms with E-state index >= 15 is 0 Å². The van der Waals surface area contributed by atoms with Crippen LogP contribution < -0.4 is 14.2 Å². The normalized spacial score (nSPS) is 14.7. The molecule has 0 aliphatic carbocycles. The molecule has 0 spiro atoms. The quantitative estimate of drug-likeness (QED) is 0.198. The molecule has 1 amide bonds. The van der Waals surface area contributed by atoms with Crippen LogP contribution in [0.2, 0.25) is 0 Å². The summed E-state index contributed by atoms with van der Waals surface area (Å²) in [7, 11) is 0. The second kappa shape index (κ2) is 11.6. The van der Waals surface area contributed by atoms with Crippen LogP contribution >= 0.6 is 24.0 Å². The van der Waals surface area contributed by atoms with Crippen LogP contribution in [0.5, 0.6) is 17.2 Å². The summed E-state index contributed by atoms with van der Waals surface area (Å²) in [4.78, 5) is 14.7. The molecule has 5 nitrogen and oxygen atoms in total. The Labute approximate surface area is 192 Å². The molecule has 0 unspecified atom stereocenters. The SMILES string of the molecule is C=CCN1C(=O)/C(=C/c2ccc(OCCCOc3ccccc3)c(OCC)c2)SC1=S. The van der Waals surface area contributed by atoms with E-state index in [1.165, 1.54) is 16.7 Å². The van der Waals surface area contributed by atoms with E-state index in [0.717, 1.165) is 17.7 Å². The van der Waals surface area contributed by atoms with Crippen LogP contribution in [0, 0.1) is 0 Å². The average Bonchev–Trinajstić information content (AvgIpc) is 3.03. The minimum absolute atomic E-state index is 0.105. The summed E-state index contributed by atoms with van der Waals surface area (Å²) in [6.07, 6.45) is 4.23. The monoisotopic (exact) mass is 455 g/mol. The van der Waals surface area contributed by atoms with Crippen LogP contribution in [-0.4, -0.2) is 41.5 Å². The van der Waals surface area contributed by atoms with Gasteiger partial charge in [0.15, 0.2) is 11.5 Å². The van der Waals surface area contributed by atoms with Gasteiger partial charge in [-0.3, -0.25) is 9.69 Å². The molecular weight excluding hydrogens is 430 g/mol. The number of carbonyl (C=O) groups excluding carboxylic acids is 1. The van der Waals surface area contributed by atoms with Crippen molar-refractivity contribution in [2.45, 2.75) is 13.3 Å². The molecule has 0 bridgehead atoms. The first-order chi connectivity index (χ1) is 15.1. The summed E-state index contributed by atoms with van der Waals surface area (Å²) in [5.41, 5.74) is 0.849. The summed E-state index contributed by atoms with van der Waals surface area (Å²) >= 11 is 6.58. The maximum absolute atomic E-state index is 12.5. The molecule has 1 saturated heterocycles. The van der Waals surface area contributed by atoms with Gasteiger partial charge in [0.25, 0.3) is 5.91 Å². The fraction of sp³-hybridized carbons (Fsp3) is 0.250. The highest BCUT2D eigenvalue weighted by atomic mass is 32.2. The molecule has 1 fully saturated rings. The van der Waals surface area contributed by atoms with Gasteiger partial charge < -0.3 is 14.2 Å². The van der Waals surface area contributed by atoms with E-state index in [4.69, 9.17) is 26.4 Å². The van der Waals surface area contributed by atoms with Crippen molar-refractivity contribution in [2.75, 3.05) is 26.4 Å². The van der Waals surface area contributed by atoms with Crippen molar-refractivity contribution < 1.29 is 19.0 Å². The lowest BCUT2D eigenvalue weighted by molar-refractivity contribution is -0.121. The number of hydrogen-bond acceptors (Lipinski definition) is 6. The second-order valence-electron chi connectivity index (χ2n) is 6.58. The van der Waals surface area contributed by atoms with E-state index < -0.39 is 0 Å². The third kappa shape index (κ3) is 6.35. The summed E-state index contributed by atoms with van der Waals surface area (Å²) in [5, 5.41) is 0. The lowest BCUT2D eigenvalue weighted by Crippen LogP contribution is -2.27. The second-order valence-corrected chi connectivity index (χ2v) is 8.26. The number of para-hydroxylation sites is 1. The third-order valence-corrected chi connectivity index (χ3v) is 5.69. The predicted molar refractivity (Wildman–Crippen MR) is 130 cm³/mol. The van der Waals surface area contributed by atoms with Crippen molar-refractivity contribution in [2.24, 2.45) is 0 Å². The van der Waals surface area contributed by atoms with Crippen molar-refractivity contribution in [3.8, 4) is 17.2 Å². The van der Waals surface area contributed by atoms with Gasteiger partial charge in [0.2, 0.25) is 0 Å². The Morgan fingerprint density at radius 1 is 1.06 bits per heavy atom. The van der Waals surface area contributed by atoms with Crippen LogP contribution in [0.3, 0.4) is 0 Å². The minimum Gasteiger partial charge on any atom is -0.493 e. The number of hydrogen-bond donors (Lipinski definition) is 0. The van der Waals surface area contributed by atoms with Crippen molar-refractivity contribution in [3.05, 3.63) is 71.7 Å². The number of nitrogens with zero attached hydrogens (tertiary/aromatic N) is 1. The van der Waals surface area contributed by atoms with E-state index in [9.17, 15) is 4.79 Å². The highest BCUT2D eigenvalue weighted by Gasteiger charge is 2.31. The highest BCUT2D eigenvalue weighted by Crippen LogP contribution is 2.34. The zero-order valence-electron chi connectivity index (χ0n) is 17.4. The first-order valence-electron chi connectivity index (χ1n) is 10.1. The van der Waals surface area contributed by atoms with E-state index in [1.54, 1.807) is 6.08 Å². The summed E-state index contributed by atoms with van der Waals surface area (Å²) in [6, 6.07) is 15.3. The van der Waals surface area contributed by atoms with Gasteiger partial charge in [-0.15, -0.1) is 6.58 Å². The lowest BCUT2D eigenvalue weighted by Gasteiger charge is -2.13. The van der Waals surface area contributed by atoms with Gasteiger partial charge in [-0.2, -0.15) is 0 Å². The molecule has 0 atom stereocenters. The number of thioether (sulfide) groups is 1. The smallest absolute Gasteiger partial charge is 0.266 e. The van der Waals surface area contributed by atoms with Gasteiger partial charge in [-0.05, 0) is 42.8 Å². The Hall–Kier alpha value is -2.77. The van der Waals surface area contributed by atoms with Gasteiger partial charge in [0, 0.05) is 13.0 Å². The van der Waals surface area contributed by atoms with E-state index in [2.05, 4.69) is 6.58 Å². The molecule has 2 aromatic rings. The standard InChI is InChI=1S/C24H25NO4S2/c1-3-13-25-23(26)22(31-24(25)30)17-18-11-12-20(21(16-18)27-4-2)29-15-8-14-28-19-9-6-5-7-10-19/h3,5-7,9-12,16-17H,1,4,8,13-15H2,2H3/b22-17-. The molecule has 1 heterocycles. The van der Waals surface area contributed by atoms with Crippen LogP contribution in [-0.2, 0) is 4.79 Å². The molecule has 0 saturated carbocycles. The molecule has 162 valence electrons. The highest BCUT2D eigenvalue weighted by molar-refractivity contribution is 8.26. The van der Waals surface area contributed by atoms with Crippen LogP contribution in [0.4, 0.5) is 0 Å². The van der Waals surface area contributed by atoms with Gasteiger partial charge >= 0.3 is 0 Å². The van der Waals surface area contributed by atoms with Gasteiger partial charge in [-0.25, -0.2) is 0 Å². The van der Waals surface area contributed by atoms with E-state index in [-0.39, 0.29) is 5.91 Å². The zero-order valence-corrected chi connectivity index (χ0v) is 19.0. The molecule has 31 heavy (non-hydrogen) atoms. The number of amides is 1. The van der Waals surface area contributed by atoms with Crippen molar-refractivity contribution >= 4 is 40.3 Å². The molecule has 0 aromatic heterocycles. The molecule has 1 aliphatic rings. The molecular formula is C24H25NO4S2. The topological polar surface area (TPSA) is 48.0 Å². The Morgan fingerprint density at radius 2 is 1.84 bits per heavy atom. The fourth-order valence-electron chi connectivity index (χ4n) is 2.89. The fourth-order valence-corrected chi connectivity index (χ4v) is 4.16. The van der Waals surface area contributed by atoms with Crippen LogP contribution in [0.15, 0.2) is 66.1 Å². The third-order valence-electron chi connectivity index (χ3n) is 4.31. The molecule has 1 aliphatic heterocycles. The Kier molecular flexibility index (Phi) is 8.55. The van der Waals surface area contributed by atoms with Crippen LogP contribution in [0.1, 0.15) is 18.9 Å². The number of ether oxygens (including phenoxy) is 3. The van der Waals surface area contributed by atoms with E-state index in [1.807, 2.05) is 61.5 Å². The molecule has 0 radical (unpaired) electrons. The number of benzene rings is 2. The molecule has 7 heteroatoms. The largest absolute Gasteiger partial charge is 0.493 e. The maximum atomic E-state index is 12.5. The van der Waals surface area contributed by atoms with Gasteiger partial charge in [-0.1, -0.05) is 54.3 Å². The molecule has 3 rings (SSSR count). The Bertz CT molecular complexity index is 959. The van der Waals surface area contributed by atoms with Crippen LogP contribution in [0.25, 0.3) is 6.08 Å². The average molecular weight is 456 g/mol. The predicted octanol–water partition coefficient (Wildman–Crippen LogP) is 5.32. The number of rotatable bonds is 11. The van der Waals surface area contributed by atoms with Gasteiger partial charge in [0.1, 0.15) is 10.1 Å². The summed E-state index contributed by atoms with van der Waals surface area (Å²) in [5.74, 6) is 2.05. The number of carbonyl (C=O) groups is 1. The zero-order chi connectivity index (χ0) is 22.1. The van der Waals surface area contributed by atoms with Crippen molar-refractivity contribution in [1.29, 1.82) is 0 Å². The van der Waals surface area contributed by atoms with E-state index in [0.29, 0.717) is 47.1 Å². The van der Waals surface area contributed by atoms with Crippen molar-refractivity contribution in [1.82, 2.24) is 4.90 Å². The Morgan fingerprint density at radius 3 is 2.58 bits per heavy atom. The summed E-state index contributed by atoms with van der Waals surface area (Å²) < 4.78 is 17.9. The summed E-state index contributed by atoms with van der Waals surface area (Å²) in [6.45, 7) is 7.59. The first-order valence-corrected chi connectivity index (χ1v) is 11.3. The first kappa shape index (κ1) is 22.9. The van der Waals surface area contributed by atoms with Crippen molar-refractivity contribution in [3.63, 3.8) is 0 Å². The molecule has 2 aromatic carbocycles. The molecule has 0 N–H and O–H groups in total.